The zero-order valence-electron chi connectivity index (χ0n) is 22.7. The summed E-state index contributed by atoms with van der Waals surface area (Å²) in [4.78, 5) is 28.4. The van der Waals surface area contributed by atoms with Crippen LogP contribution in [0, 0.1) is 19.8 Å². The lowest BCUT2D eigenvalue weighted by Crippen LogP contribution is -2.51. The summed E-state index contributed by atoms with van der Waals surface area (Å²) in [6.45, 7) is 9.70. The Morgan fingerprint density at radius 1 is 0.842 bits per heavy atom. The average molecular weight is 536 g/mol. The van der Waals surface area contributed by atoms with Crippen LogP contribution in [0.15, 0.2) is 83.8 Å². The van der Waals surface area contributed by atoms with Crippen molar-refractivity contribution in [3.05, 3.63) is 95.6 Å². The van der Waals surface area contributed by atoms with Crippen LogP contribution in [0.5, 0.6) is 0 Å². The first-order chi connectivity index (χ1) is 18.0. The second kappa shape index (κ2) is 12.7. The summed E-state index contributed by atoms with van der Waals surface area (Å²) in [6, 6.07) is 22.0. The predicted octanol–water partition coefficient (Wildman–Crippen LogP) is 4.69. The molecule has 0 saturated heterocycles. The third-order valence-corrected chi connectivity index (χ3v) is 8.01. The quantitative estimate of drug-likeness (QED) is 0.386. The van der Waals surface area contributed by atoms with Gasteiger partial charge in [-0.05, 0) is 56.5 Å². The topological polar surface area (TPSA) is 86.8 Å². The van der Waals surface area contributed by atoms with E-state index in [9.17, 15) is 18.0 Å². The van der Waals surface area contributed by atoms with Crippen LogP contribution in [0.4, 0.5) is 5.69 Å². The van der Waals surface area contributed by atoms with E-state index in [4.69, 9.17) is 0 Å². The van der Waals surface area contributed by atoms with E-state index in [1.54, 1.807) is 49.4 Å². The highest BCUT2D eigenvalue weighted by Gasteiger charge is 2.32. The average Bonchev–Trinajstić information content (AvgIpc) is 2.89. The molecule has 2 amide bonds. The van der Waals surface area contributed by atoms with E-state index in [0.717, 1.165) is 21.0 Å². The molecule has 0 bridgehead atoms. The molecule has 3 rings (SSSR count). The predicted molar refractivity (Wildman–Crippen MR) is 151 cm³/mol. The van der Waals surface area contributed by atoms with E-state index in [0.29, 0.717) is 12.2 Å². The molecule has 38 heavy (non-hydrogen) atoms. The Bertz CT molecular complexity index is 1340. The molecule has 1 N–H and O–H groups in total. The molecule has 0 fully saturated rings. The molecule has 1 atom stereocenters. The Hall–Kier alpha value is -3.65. The van der Waals surface area contributed by atoms with Gasteiger partial charge in [0.2, 0.25) is 11.8 Å². The van der Waals surface area contributed by atoms with Crippen LogP contribution in [0.25, 0.3) is 0 Å². The molecule has 3 aromatic carbocycles. The highest BCUT2D eigenvalue weighted by molar-refractivity contribution is 7.92. The fraction of sp³-hybridized carbons (Fsp3) is 0.333. The molecule has 0 saturated carbocycles. The number of hydrogen-bond donors (Lipinski definition) is 1. The van der Waals surface area contributed by atoms with Gasteiger partial charge < -0.3 is 10.2 Å². The molecule has 0 spiro atoms. The van der Waals surface area contributed by atoms with Gasteiger partial charge in [-0.1, -0.05) is 79.6 Å². The summed E-state index contributed by atoms with van der Waals surface area (Å²) in [5.74, 6) is -0.508. The maximum Gasteiger partial charge on any atom is 0.264 e. The van der Waals surface area contributed by atoms with Crippen molar-refractivity contribution in [2.45, 2.75) is 52.1 Å². The van der Waals surface area contributed by atoms with Gasteiger partial charge in [0.25, 0.3) is 10.0 Å². The van der Waals surface area contributed by atoms with Crippen LogP contribution in [-0.4, -0.2) is 44.3 Å². The monoisotopic (exact) mass is 535 g/mol. The Labute approximate surface area is 226 Å². The molecule has 0 radical (unpaired) electrons. The van der Waals surface area contributed by atoms with Gasteiger partial charge in [0.15, 0.2) is 0 Å². The van der Waals surface area contributed by atoms with Crippen LogP contribution in [0.2, 0.25) is 0 Å². The van der Waals surface area contributed by atoms with Gasteiger partial charge in [0.1, 0.15) is 12.6 Å². The molecule has 0 aromatic heterocycles. The molecule has 8 heteroatoms. The largest absolute Gasteiger partial charge is 0.354 e. The van der Waals surface area contributed by atoms with Gasteiger partial charge in [-0.25, -0.2) is 8.42 Å². The summed E-state index contributed by atoms with van der Waals surface area (Å²) in [5, 5.41) is 2.90. The Morgan fingerprint density at radius 3 is 2.11 bits per heavy atom. The SMILES string of the molecule is Cc1ccc(S(=O)(=O)N(CC(=O)N(Cc2cccc(C)c2)[C@H](C)C(=O)NCC(C)C)c2ccccc2)cc1. The van der Waals surface area contributed by atoms with Crippen LogP contribution >= 0.6 is 0 Å². The lowest BCUT2D eigenvalue weighted by Gasteiger charge is -2.32. The second-order valence-electron chi connectivity index (χ2n) is 9.99. The molecule has 202 valence electrons. The van der Waals surface area contributed by atoms with Crippen LogP contribution in [-0.2, 0) is 26.2 Å². The fourth-order valence-electron chi connectivity index (χ4n) is 4.00. The Kier molecular flexibility index (Phi) is 9.69. The van der Waals surface area contributed by atoms with Crippen molar-refractivity contribution in [2.75, 3.05) is 17.4 Å². The van der Waals surface area contributed by atoms with Crippen LogP contribution in [0.1, 0.15) is 37.5 Å². The lowest BCUT2D eigenvalue weighted by molar-refractivity contribution is -0.139. The molecular weight excluding hydrogens is 498 g/mol. The van der Waals surface area contributed by atoms with Crippen molar-refractivity contribution >= 4 is 27.5 Å². The van der Waals surface area contributed by atoms with Crippen molar-refractivity contribution in [1.29, 1.82) is 0 Å². The van der Waals surface area contributed by atoms with Crippen LogP contribution < -0.4 is 9.62 Å². The molecule has 0 aliphatic heterocycles. The number of amides is 2. The maximum atomic E-state index is 13.9. The number of carbonyl (C=O) groups excluding carboxylic acids is 2. The number of nitrogens with zero attached hydrogens (tertiary/aromatic N) is 2. The standard InChI is InChI=1S/C30H37N3O4S/c1-22(2)19-31-30(35)25(5)32(20-26-11-9-10-24(4)18-26)29(34)21-33(27-12-7-6-8-13-27)38(36,37)28-16-14-23(3)15-17-28/h6-18,22,25H,19-21H2,1-5H3,(H,31,35)/t25-/m1/s1. The number of benzene rings is 3. The highest BCUT2D eigenvalue weighted by atomic mass is 32.2. The van der Waals surface area contributed by atoms with E-state index in [1.165, 1.54) is 17.0 Å². The van der Waals surface area contributed by atoms with Gasteiger partial charge >= 0.3 is 0 Å². The number of carbonyl (C=O) groups is 2. The normalized spacial score (nSPS) is 12.2. The van der Waals surface area contributed by atoms with Crippen molar-refractivity contribution in [3.8, 4) is 0 Å². The van der Waals surface area contributed by atoms with E-state index >= 15 is 0 Å². The van der Waals surface area contributed by atoms with E-state index in [1.807, 2.05) is 52.0 Å². The van der Waals surface area contributed by atoms with Gasteiger partial charge in [0, 0.05) is 13.1 Å². The van der Waals surface area contributed by atoms with Crippen molar-refractivity contribution in [3.63, 3.8) is 0 Å². The maximum absolute atomic E-state index is 13.9. The number of para-hydroxylation sites is 1. The third-order valence-electron chi connectivity index (χ3n) is 6.22. The lowest BCUT2D eigenvalue weighted by atomic mass is 10.1. The summed E-state index contributed by atoms with van der Waals surface area (Å²) >= 11 is 0. The minimum absolute atomic E-state index is 0.0905. The Morgan fingerprint density at radius 2 is 1.50 bits per heavy atom. The third kappa shape index (κ3) is 7.44. The van der Waals surface area contributed by atoms with Crippen LogP contribution in [0.3, 0.4) is 0 Å². The first-order valence-corrected chi connectivity index (χ1v) is 14.2. The number of hydrogen-bond acceptors (Lipinski definition) is 4. The summed E-state index contributed by atoms with van der Waals surface area (Å²) in [6.07, 6.45) is 0. The molecule has 0 heterocycles. The first kappa shape index (κ1) is 28.9. The number of anilines is 1. The number of nitrogens with one attached hydrogen (secondary N) is 1. The smallest absolute Gasteiger partial charge is 0.264 e. The van der Waals surface area contributed by atoms with Crippen molar-refractivity contribution in [2.24, 2.45) is 5.92 Å². The molecule has 0 aliphatic rings. The highest BCUT2D eigenvalue weighted by Crippen LogP contribution is 2.24. The van der Waals surface area contributed by atoms with Gasteiger partial charge in [-0.15, -0.1) is 0 Å². The van der Waals surface area contributed by atoms with Crippen molar-refractivity contribution < 1.29 is 18.0 Å². The van der Waals surface area contributed by atoms with Gasteiger partial charge in [-0.3, -0.25) is 13.9 Å². The zero-order valence-corrected chi connectivity index (χ0v) is 23.5. The fourth-order valence-corrected chi connectivity index (χ4v) is 5.42. The summed E-state index contributed by atoms with van der Waals surface area (Å²) in [5.41, 5.74) is 3.18. The van der Waals surface area contributed by atoms with Gasteiger partial charge in [-0.2, -0.15) is 0 Å². The molecule has 7 nitrogen and oxygen atoms in total. The van der Waals surface area contributed by atoms with E-state index in [-0.39, 0.29) is 23.3 Å². The number of rotatable bonds is 11. The summed E-state index contributed by atoms with van der Waals surface area (Å²) in [7, 11) is -4.06. The molecule has 0 aliphatic carbocycles. The number of aryl methyl sites for hydroxylation is 2. The molecule has 3 aromatic rings. The van der Waals surface area contributed by atoms with Crippen molar-refractivity contribution in [1.82, 2.24) is 10.2 Å². The molecule has 0 unspecified atom stereocenters. The van der Waals surface area contributed by atoms with E-state index < -0.39 is 28.5 Å². The first-order valence-electron chi connectivity index (χ1n) is 12.8. The molecular formula is C30H37N3O4S. The zero-order chi connectivity index (χ0) is 27.9. The second-order valence-corrected chi connectivity index (χ2v) is 11.8. The van der Waals surface area contributed by atoms with Gasteiger partial charge in [0.05, 0.1) is 10.6 Å². The number of sulfonamides is 1. The minimum atomic E-state index is -4.06. The Balaban J connectivity index is 1.98. The summed E-state index contributed by atoms with van der Waals surface area (Å²) < 4.78 is 28.6. The minimum Gasteiger partial charge on any atom is -0.354 e. The van der Waals surface area contributed by atoms with E-state index in [2.05, 4.69) is 5.32 Å².